The molecule has 0 spiro atoms. The first-order chi connectivity index (χ1) is 10.1. The summed E-state index contributed by atoms with van der Waals surface area (Å²) in [6, 6.07) is 13.1. The number of hydrogen-bond acceptors (Lipinski definition) is 3. The minimum absolute atomic E-state index is 0.382. The van der Waals surface area contributed by atoms with E-state index in [9.17, 15) is 9.50 Å². The molecule has 0 radical (unpaired) electrons. The minimum Gasteiger partial charge on any atom is -0.491 e. The second kappa shape index (κ2) is 6.70. The number of rotatable bonds is 6. The Morgan fingerprint density at radius 2 is 1.86 bits per heavy atom. The molecule has 3 nitrogen and oxygen atoms in total. The van der Waals surface area contributed by atoms with Crippen LogP contribution in [0.25, 0.3) is 0 Å². The van der Waals surface area contributed by atoms with Crippen LogP contribution in [-0.2, 0) is 10.3 Å². The van der Waals surface area contributed by atoms with E-state index in [0.29, 0.717) is 30.1 Å². The van der Waals surface area contributed by atoms with E-state index in [2.05, 4.69) is 0 Å². The first kappa shape index (κ1) is 15.5. The van der Waals surface area contributed by atoms with Crippen LogP contribution >= 0.6 is 0 Å². The van der Waals surface area contributed by atoms with Crippen molar-refractivity contribution in [3.05, 3.63) is 65.5 Å². The molecule has 0 saturated heterocycles. The molecule has 0 saturated carbocycles. The second-order valence-corrected chi connectivity index (χ2v) is 4.92. The normalized spacial score (nSPS) is 13.7. The maximum Gasteiger partial charge on any atom is 0.125 e. The van der Waals surface area contributed by atoms with Gasteiger partial charge in [0.25, 0.3) is 0 Å². The zero-order valence-corrected chi connectivity index (χ0v) is 12.2. The summed E-state index contributed by atoms with van der Waals surface area (Å²) in [7, 11) is 1.60. The van der Waals surface area contributed by atoms with Crippen molar-refractivity contribution in [1.29, 1.82) is 0 Å². The average molecular weight is 290 g/mol. The Balaban J connectivity index is 2.35. The van der Waals surface area contributed by atoms with Gasteiger partial charge in [-0.25, -0.2) is 4.39 Å². The summed E-state index contributed by atoms with van der Waals surface area (Å²) in [5.41, 5.74) is -0.275. The number of halogens is 1. The van der Waals surface area contributed by atoms with Crippen LogP contribution in [0.5, 0.6) is 5.75 Å². The Morgan fingerprint density at radius 1 is 1.10 bits per heavy atom. The summed E-state index contributed by atoms with van der Waals surface area (Å²) >= 11 is 0. The van der Waals surface area contributed by atoms with Crippen LogP contribution in [0.1, 0.15) is 18.1 Å². The molecule has 2 rings (SSSR count). The molecule has 0 bridgehead atoms. The lowest BCUT2D eigenvalue weighted by atomic mass is 9.87. The molecule has 1 unspecified atom stereocenters. The Labute approximate surface area is 124 Å². The highest BCUT2D eigenvalue weighted by Crippen LogP contribution is 2.35. The van der Waals surface area contributed by atoms with Gasteiger partial charge in [-0.2, -0.15) is 0 Å². The van der Waals surface area contributed by atoms with Gasteiger partial charge < -0.3 is 14.6 Å². The fourth-order valence-corrected chi connectivity index (χ4v) is 2.18. The van der Waals surface area contributed by atoms with Crippen LogP contribution in [0.2, 0.25) is 0 Å². The van der Waals surface area contributed by atoms with Gasteiger partial charge in [-0.05, 0) is 30.7 Å². The summed E-state index contributed by atoms with van der Waals surface area (Å²) in [5.74, 6) is 0.175. The van der Waals surface area contributed by atoms with Crippen molar-refractivity contribution in [3.8, 4) is 5.75 Å². The Morgan fingerprint density at radius 3 is 2.57 bits per heavy atom. The molecule has 0 fully saturated rings. The monoisotopic (exact) mass is 290 g/mol. The third-order valence-corrected chi connectivity index (χ3v) is 3.34. The highest BCUT2D eigenvalue weighted by atomic mass is 19.1. The van der Waals surface area contributed by atoms with Gasteiger partial charge in [0.2, 0.25) is 0 Å². The molecular formula is C17H19FO3. The number of ether oxygens (including phenoxy) is 2. The molecule has 0 aliphatic carbocycles. The summed E-state index contributed by atoms with van der Waals surface area (Å²) < 4.78 is 24.0. The first-order valence-electron chi connectivity index (χ1n) is 6.75. The predicted octanol–water partition coefficient (Wildman–Crippen LogP) is 3.11. The summed E-state index contributed by atoms with van der Waals surface area (Å²) in [4.78, 5) is 0. The standard InChI is InChI=1S/C17H19FO3/c1-17(19,13-6-5-7-14(18)12-13)15-8-3-4-9-16(15)21-11-10-20-2/h3-9,12,19H,10-11H2,1-2H3. The Hall–Kier alpha value is -1.91. The number of methoxy groups -OCH3 is 1. The molecule has 0 aliphatic heterocycles. The summed E-state index contributed by atoms with van der Waals surface area (Å²) in [5, 5.41) is 10.8. The number of para-hydroxylation sites is 1. The fraction of sp³-hybridized carbons (Fsp3) is 0.294. The van der Waals surface area contributed by atoms with Gasteiger partial charge in [-0.15, -0.1) is 0 Å². The van der Waals surface area contributed by atoms with Crippen LogP contribution < -0.4 is 4.74 Å². The maximum atomic E-state index is 13.4. The van der Waals surface area contributed by atoms with Crippen molar-refractivity contribution in [2.75, 3.05) is 20.3 Å². The molecule has 2 aromatic rings. The lowest BCUT2D eigenvalue weighted by Gasteiger charge is -2.26. The molecule has 0 heterocycles. The number of hydrogen-bond donors (Lipinski definition) is 1. The van der Waals surface area contributed by atoms with E-state index >= 15 is 0 Å². The van der Waals surface area contributed by atoms with E-state index in [4.69, 9.17) is 9.47 Å². The molecule has 1 atom stereocenters. The van der Waals surface area contributed by atoms with Crippen molar-refractivity contribution in [2.45, 2.75) is 12.5 Å². The number of benzene rings is 2. The topological polar surface area (TPSA) is 38.7 Å². The van der Waals surface area contributed by atoms with E-state index in [1.54, 1.807) is 38.3 Å². The second-order valence-electron chi connectivity index (χ2n) is 4.92. The molecular weight excluding hydrogens is 271 g/mol. The molecule has 0 amide bonds. The largest absolute Gasteiger partial charge is 0.491 e. The van der Waals surface area contributed by atoms with Gasteiger partial charge in [0.1, 0.15) is 23.8 Å². The molecule has 2 aromatic carbocycles. The lowest BCUT2D eigenvalue weighted by molar-refractivity contribution is 0.0940. The highest BCUT2D eigenvalue weighted by molar-refractivity contribution is 5.44. The zero-order chi connectivity index (χ0) is 15.3. The SMILES string of the molecule is COCCOc1ccccc1C(C)(O)c1cccc(F)c1. The molecule has 21 heavy (non-hydrogen) atoms. The lowest BCUT2D eigenvalue weighted by Crippen LogP contribution is -2.24. The predicted molar refractivity (Wildman–Crippen MR) is 78.9 cm³/mol. The van der Waals surface area contributed by atoms with Crippen LogP contribution in [0.4, 0.5) is 4.39 Å². The Bertz CT molecular complexity index is 596. The summed E-state index contributed by atoms with van der Waals surface area (Å²) in [6.45, 7) is 2.46. The van der Waals surface area contributed by atoms with Gasteiger partial charge >= 0.3 is 0 Å². The van der Waals surface area contributed by atoms with Gasteiger partial charge in [0.05, 0.1) is 6.61 Å². The van der Waals surface area contributed by atoms with Gasteiger partial charge in [0.15, 0.2) is 0 Å². The van der Waals surface area contributed by atoms with Crippen LogP contribution in [-0.4, -0.2) is 25.4 Å². The van der Waals surface area contributed by atoms with Crippen LogP contribution in [0.15, 0.2) is 48.5 Å². The van der Waals surface area contributed by atoms with Crippen molar-refractivity contribution in [1.82, 2.24) is 0 Å². The molecule has 112 valence electrons. The third-order valence-electron chi connectivity index (χ3n) is 3.34. The Kier molecular flexibility index (Phi) is 4.94. The average Bonchev–Trinajstić information content (AvgIpc) is 2.48. The van der Waals surface area contributed by atoms with E-state index < -0.39 is 5.60 Å². The van der Waals surface area contributed by atoms with Gasteiger partial charge in [0, 0.05) is 12.7 Å². The van der Waals surface area contributed by atoms with Crippen molar-refractivity contribution in [3.63, 3.8) is 0 Å². The van der Waals surface area contributed by atoms with E-state index in [0.717, 1.165) is 0 Å². The fourth-order valence-electron chi connectivity index (χ4n) is 2.18. The highest BCUT2D eigenvalue weighted by Gasteiger charge is 2.29. The van der Waals surface area contributed by atoms with Gasteiger partial charge in [-0.1, -0.05) is 30.3 Å². The van der Waals surface area contributed by atoms with E-state index in [1.165, 1.54) is 12.1 Å². The van der Waals surface area contributed by atoms with Crippen LogP contribution in [0.3, 0.4) is 0 Å². The molecule has 1 N–H and O–H groups in total. The van der Waals surface area contributed by atoms with Crippen molar-refractivity contribution < 1.29 is 19.0 Å². The van der Waals surface area contributed by atoms with Crippen molar-refractivity contribution in [2.24, 2.45) is 0 Å². The first-order valence-corrected chi connectivity index (χ1v) is 6.75. The number of aliphatic hydroxyl groups is 1. The minimum atomic E-state index is -1.34. The molecule has 4 heteroatoms. The zero-order valence-electron chi connectivity index (χ0n) is 12.2. The van der Waals surface area contributed by atoms with E-state index in [1.807, 2.05) is 12.1 Å². The smallest absolute Gasteiger partial charge is 0.125 e. The van der Waals surface area contributed by atoms with Crippen molar-refractivity contribution >= 4 is 0 Å². The third kappa shape index (κ3) is 3.60. The summed E-state index contributed by atoms with van der Waals surface area (Å²) in [6.07, 6.45) is 0. The van der Waals surface area contributed by atoms with E-state index in [-0.39, 0.29) is 5.82 Å². The maximum absolute atomic E-state index is 13.4. The molecule has 0 aromatic heterocycles. The quantitative estimate of drug-likeness (QED) is 0.831. The molecule has 0 aliphatic rings. The van der Waals surface area contributed by atoms with Gasteiger partial charge in [-0.3, -0.25) is 0 Å². The van der Waals surface area contributed by atoms with Crippen LogP contribution in [0, 0.1) is 5.82 Å².